The molecule has 0 aliphatic heterocycles. The zero-order valence-corrected chi connectivity index (χ0v) is 16.4. The maximum atomic E-state index is 12.8. The molecular weight excluding hydrogens is 362 g/mol. The number of nitrogens with one attached hydrogen (secondary N) is 2. The largest absolute Gasteiger partial charge is 0.351 e. The molecule has 27 heavy (non-hydrogen) atoms. The predicted molar refractivity (Wildman–Crippen MR) is 108 cm³/mol. The normalized spacial score (nSPS) is 11.1. The van der Waals surface area contributed by atoms with Crippen molar-refractivity contribution in [3.8, 4) is 0 Å². The topological polar surface area (TPSA) is 102 Å². The standard InChI is InChI=1S/C19H23N5O2S/c1-11(2)16-13-10-15(27-19(13)24(3)23-16)18(26)22-14-7-5-4-6-12(14)17(25)21-9-8-20/h4-7,10-11H,8-9,20H2,1-3H3,(H,21,25)(H,22,26). The molecule has 4 N–H and O–H groups in total. The Morgan fingerprint density at radius 2 is 2.00 bits per heavy atom. The summed E-state index contributed by atoms with van der Waals surface area (Å²) in [5, 5.41) is 11.1. The predicted octanol–water partition coefficient (Wildman–Crippen LogP) is 2.70. The second kappa shape index (κ2) is 7.89. The van der Waals surface area contributed by atoms with E-state index in [1.807, 2.05) is 13.1 Å². The third-order valence-corrected chi connectivity index (χ3v) is 5.36. The lowest BCUT2D eigenvalue weighted by Crippen LogP contribution is -2.29. The van der Waals surface area contributed by atoms with E-state index < -0.39 is 0 Å². The summed E-state index contributed by atoms with van der Waals surface area (Å²) in [7, 11) is 1.88. The Morgan fingerprint density at radius 1 is 1.26 bits per heavy atom. The molecule has 8 heteroatoms. The van der Waals surface area contributed by atoms with Crippen LogP contribution in [0.1, 0.15) is 45.5 Å². The average molecular weight is 385 g/mol. The number of benzene rings is 1. The van der Waals surface area contributed by atoms with Crippen molar-refractivity contribution in [1.29, 1.82) is 0 Å². The minimum absolute atomic E-state index is 0.245. The summed E-state index contributed by atoms with van der Waals surface area (Å²) in [6.45, 7) is 4.89. The number of anilines is 1. The van der Waals surface area contributed by atoms with Gasteiger partial charge in [0.2, 0.25) is 0 Å². The Balaban J connectivity index is 1.87. The van der Waals surface area contributed by atoms with Gasteiger partial charge in [-0.2, -0.15) is 5.10 Å². The summed E-state index contributed by atoms with van der Waals surface area (Å²) in [5.41, 5.74) is 7.28. The van der Waals surface area contributed by atoms with Crippen molar-refractivity contribution < 1.29 is 9.59 Å². The number of nitrogens with two attached hydrogens (primary N) is 1. The monoisotopic (exact) mass is 385 g/mol. The van der Waals surface area contributed by atoms with Crippen molar-refractivity contribution >= 4 is 39.1 Å². The minimum atomic E-state index is -0.265. The molecule has 0 saturated carbocycles. The number of nitrogens with zero attached hydrogens (tertiary/aromatic N) is 2. The lowest BCUT2D eigenvalue weighted by atomic mass is 10.1. The third-order valence-electron chi connectivity index (χ3n) is 4.16. The summed E-state index contributed by atoms with van der Waals surface area (Å²) in [6, 6.07) is 8.79. The van der Waals surface area contributed by atoms with Crippen LogP contribution in [0.25, 0.3) is 10.2 Å². The van der Waals surface area contributed by atoms with Crippen molar-refractivity contribution in [3.05, 3.63) is 46.5 Å². The van der Waals surface area contributed by atoms with Gasteiger partial charge in [0.05, 0.1) is 21.8 Å². The molecule has 1 aromatic carbocycles. The van der Waals surface area contributed by atoms with Gasteiger partial charge in [-0.1, -0.05) is 26.0 Å². The number of para-hydroxylation sites is 1. The maximum Gasteiger partial charge on any atom is 0.265 e. The van der Waals surface area contributed by atoms with Crippen LogP contribution in [0, 0.1) is 0 Å². The summed E-state index contributed by atoms with van der Waals surface area (Å²) >= 11 is 1.39. The first-order valence-electron chi connectivity index (χ1n) is 8.77. The molecule has 0 aliphatic rings. The van der Waals surface area contributed by atoms with Gasteiger partial charge in [0, 0.05) is 25.5 Å². The number of hydrogen-bond donors (Lipinski definition) is 3. The van der Waals surface area contributed by atoms with Gasteiger partial charge in [-0.3, -0.25) is 14.3 Å². The van der Waals surface area contributed by atoms with Crippen LogP contribution in [0.3, 0.4) is 0 Å². The average Bonchev–Trinajstić information content (AvgIpc) is 3.21. The molecule has 0 aliphatic carbocycles. The molecule has 0 unspecified atom stereocenters. The molecule has 3 rings (SSSR count). The number of carbonyl (C=O) groups is 2. The molecule has 142 valence electrons. The van der Waals surface area contributed by atoms with E-state index in [1.165, 1.54) is 11.3 Å². The molecule has 2 aromatic heterocycles. The van der Waals surface area contributed by atoms with Crippen molar-refractivity contribution in [2.45, 2.75) is 19.8 Å². The zero-order valence-electron chi connectivity index (χ0n) is 15.6. The van der Waals surface area contributed by atoms with Crippen LogP contribution < -0.4 is 16.4 Å². The van der Waals surface area contributed by atoms with Crippen LogP contribution in [0.2, 0.25) is 0 Å². The number of fused-ring (bicyclic) bond motifs is 1. The van der Waals surface area contributed by atoms with Crippen molar-refractivity contribution in [2.75, 3.05) is 18.4 Å². The van der Waals surface area contributed by atoms with Crippen LogP contribution in [0.5, 0.6) is 0 Å². The highest BCUT2D eigenvalue weighted by atomic mass is 32.1. The lowest BCUT2D eigenvalue weighted by Gasteiger charge is -2.10. The Kier molecular flexibility index (Phi) is 5.57. The summed E-state index contributed by atoms with van der Waals surface area (Å²) < 4.78 is 1.81. The first-order valence-corrected chi connectivity index (χ1v) is 9.59. The van der Waals surface area contributed by atoms with E-state index in [9.17, 15) is 9.59 Å². The highest BCUT2D eigenvalue weighted by molar-refractivity contribution is 7.20. The minimum Gasteiger partial charge on any atom is -0.351 e. The molecule has 0 saturated heterocycles. The van der Waals surface area contributed by atoms with Crippen LogP contribution in [0.15, 0.2) is 30.3 Å². The quantitative estimate of drug-likeness (QED) is 0.607. The molecule has 7 nitrogen and oxygen atoms in total. The number of hydrogen-bond acceptors (Lipinski definition) is 5. The Hall–Kier alpha value is -2.71. The van der Waals surface area contributed by atoms with Gasteiger partial charge >= 0.3 is 0 Å². The lowest BCUT2D eigenvalue weighted by molar-refractivity contribution is 0.0955. The van der Waals surface area contributed by atoms with Gasteiger partial charge in [0.15, 0.2) is 0 Å². The summed E-state index contributed by atoms with van der Waals surface area (Å²) in [6.07, 6.45) is 0. The molecule has 0 radical (unpaired) electrons. The number of thiophene rings is 1. The van der Waals surface area contributed by atoms with Crippen molar-refractivity contribution in [3.63, 3.8) is 0 Å². The van der Waals surface area contributed by atoms with Gasteiger partial charge in [-0.05, 0) is 24.1 Å². The number of aromatic nitrogens is 2. The fourth-order valence-corrected chi connectivity index (χ4v) is 3.83. The van der Waals surface area contributed by atoms with E-state index in [4.69, 9.17) is 5.73 Å². The SMILES string of the molecule is CC(C)c1nn(C)c2sc(C(=O)Nc3ccccc3C(=O)NCCN)cc12. The fraction of sp³-hybridized carbons (Fsp3) is 0.316. The number of aryl methyl sites for hydroxylation is 1. The van der Waals surface area contributed by atoms with Gasteiger partial charge in [-0.15, -0.1) is 11.3 Å². The van der Waals surface area contributed by atoms with Crippen molar-refractivity contribution in [2.24, 2.45) is 12.8 Å². The van der Waals surface area contributed by atoms with E-state index >= 15 is 0 Å². The van der Waals surface area contributed by atoms with Gasteiger partial charge in [-0.25, -0.2) is 0 Å². The summed E-state index contributed by atoms with van der Waals surface area (Å²) in [4.78, 5) is 26.6. The molecule has 0 spiro atoms. The van der Waals surface area contributed by atoms with E-state index in [-0.39, 0.29) is 17.7 Å². The van der Waals surface area contributed by atoms with Gasteiger partial charge < -0.3 is 16.4 Å². The molecule has 3 aromatic rings. The second-order valence-electron chi connectivity index (χ2n) is 6.54. The van der Waals surface area contributed by atoms with Crippen molar-refractivity contribution in [1.82, 2.24) is 15.1 Å². The highest BCUT2D eigenvalue weighted by Gasteiger charge is 2.20. The van der Waals surface area contributed by atoms with E-state index in [2.05, 4.69) is 29.6 Å². The first-order chi connectivity index (χ1) is 12.9. The maximum absolute atomic E-state index is 12.8. The second-order valence-corrected chi connectivity index (χ2v) is 7.57. The first kappa shape index (κ1) is 19.1. The zero-order chi connectivity index (χ0) is 19.6. The third kappa shape index (κ3) is 3.86. The van der Waals surface area contributed by atoms with E-state index in [1.54, 1.807) is 28.9 Å². The Bertz CT molecular complexity index is 989. The van der Waals surface area contributed by atoms with Gasteiger partial charge in [0.25, 0.3) is 11.8 Å². The number of rotatable bonds is 6. The molecule has 0 atom stereocenters. The Morgan fingerprint density at radius 3 is 2.70 bits per heavy atom. The molecule has 0 bridgehead atoms. The number of carbonyl (C=O) groups excluding carboxylic acids is 2. The van der Waals surface area contributed by atoms with Crippen LogP contribution >= 0.6 is 11.3 Å². The molecule has 2 amide bonds. The summed E-state index contributed by atoms with van der Waals surface area (Å²) in [5.74, 6) is -0.241. The molecule has 0 fully saturated rings. The smallest absolute Gasteiger partial charge is 0.265 e. The molecular formula is C19H23N5O2S. The highest BCUT2D eigenvalue weighted by Crippen LogP contribution is 2.32. The van der Waals surface area contributed by atoms with Crippen LogP contribution in [-0.4, -0.2) is 34.7 Å². The van der Waals surface area contributed by atoms with Crippen LogP contribution in [0.4, 0.5) is 5.69 Å². The fourth-order valence-electron chi connectivity index (χ4n) is 2.86. The Labute approximate surface area is 161 Å². The molecule has 2 heterocycles. The van der Waals surface area contributed by atoms with E-state index in [0.717, 1.165) is 15.9 Å². The number of amides is 2. The van der Waals surface area contributed by atoms with Gasteiger partial charge in [0.1, 0.15) is 4.83 Å². The van der Waals surface area contributed by atoms with Crippen LogP contribution in [-0.2, 0) is 7.05 Å². The van der Waals surface area contributed by atoms with E-state index in [0.29, 0.717) is 29.2 Å².